The fourth-order valence-corrected chi connectivity index (χ4v) is 2.76. The van der Waals surface area contributed by atoms with Gasteiger partial charge in [0.15, 0.2) is 5.65 Å². The van der Waals surface area contributed by atoms with E-state index in [0.29, 0.717) is 5.88 Å². The number of hydrogen-bond donors (Lipinski definition) is 0. The van der Waals surface area contributed by atoms with Crippen LogP contribution < -0.4 is 0 Å². The zero-order valence-corrected chi connectivity index (χ0v) is 12.9. The van der Waals surface area contributed by atoms with Crippen molar-refractivity contribution >= 4 is 22.8 Å². The second kappa shape index (κ2) is 6.42. The minimum absolute atomic E-state index is 0.616. The fraction of sp³-hybridized carbons (Fsp3) is 0.714. The van der Waals surface area contributed by atoms with Gasteiger partial charge < -0.3 is 4.57 Å². The number of aryl methyl sites for hydroxylation is 4. The molecule has 0 spiro atoms. The summed E-state index contributed by atoms with van der Waals surface area (Å²) in [6, 6.07) is 0. The number of halogens is 1. The van der Waals surface area contributed by atoms with Gasteiger partial charge in [0.25, 0.3) is 0 Å². The summed E-state index contributed by atoms with van der Waals surface area (Å²) in [5, 5.41) is 4.46. The maximum absolute atomic E-state index is 5.89. The molecule has 0 radical (unpaired) electrons. The molecule has 0 atom stereocenters. The maximum atomic E-state index is 5.89. The third-order valence-electron chi connectivity index (χ3n) is 3.52. The molecule has 2 aromatic heterocycles. The number of unbranched alkanes of at least 4 members (excludes halogenated alkanes) is 3. The molecule has 0 aliphatic carbocycles. The lowest BCUT2D eigenvalue weighted by molar-refractivity contribution is 0.565. The van der Waals surface area contributed by atoms with Crippen LogP contribution in [-0.4, -0.2) is 25.2 Å². The fourth-order valence-electron chi connectivity index (χ4n) is 2.59. The second-order valence-corrected chi connectivity index (χ2v) is 5.44. The van der Waals surface area contributed by atoms with Gasteiger partial charge in [0, 0.05) is 25.9 Å². The Labute approximate surface area is 119 Å². The van der Waals surface area contributed by atoms with Crippen molar-refractivity contribution in [2.75, 3.05) is 5.88 Å². The van der Waals surface area contributed by atoms with E-state index in [2.05, 4.69) is 16.6 Å². The summed E-state index contributed by atoms with van der Waals surface area (Å²) in [6.07, 6.45) is 5.85. The third kappa shape index (κ3) is 2.94. The van der Waals surface area contributed by atoms with Crippen LogP contribution >= 0.6 is 11.6 Å². The summed E-state index contributed by atoms with van der Waals surface area (Å²) in [6.45, 7) is 5.27. The Morgan fingerprint density at radius 2 is 2.00 bits per heavy atom. The van der Waals surface area contributed by atoms with E-state index in [1.54, 1.807) is 0 Å². The first kappa shape index (κ1) is 14.4. The number of imidazole rings is 1. The van der Waals surface area contributed by atoms with Crippen LogP contribution in [0.15, 0.2) is 0 Å². The minimum Gasteiger partial charge on any atom is -0.313 e. The number of rotatable bonds is 7. The first-order valence-electron chi connectivity index (χ1n) is 7.13. The molecule has 0 fully saturated rings. The molecular formula is C14H23ClN4. The molecule has 0 saturated carbocycles. The van der Waals surface area contributed by atoms with Gasteiger partial charge >= 0.3 is 0 Å². The third-order valence-corrected chi connectivity index (χ3v) is 3.71. The van der Waals surface area contributed by atoms with Crippen LogP contribution in [0, 0.1) is 6.92 Å². The van der Waals surface area contributed by atoms with E-state index in [0.717, 1.165) is 35.6 Å². The van der Waals surface area contributed by atoms with Crippen LogP contribution in [0.25, 0.3) is 11.2 Å². The van der Waals surface area contributed by atoms with Crippen molar-refractivity contribution in [1.29, 1.82) is 0 Å². The smallest absolute Gasteiger partial charge is 0.158 e. The highest BCUT2D eigenvalue weighted by atomic mass is 35.5. The lowest BCUT2D eigenvalue weighted by atomic mass is 10.2. The Balaban J connectivity index is 2.28. The summed E-state index contributed by atoms with van der Waals surface area (Å²) < 4.78 is 4.24. The number of fused-ring (bicyclic) bond motifs is 1. The summed E-state index contributed by atoms with van der Waals surface area (Å²) >= 11 is 5.89. The highest BCUT2D eigenvalue weighted by Crippen LogP contribution is 2.20. The second-order valence-electron chi connectivity index (χ2n) is 5.06. The van der Waals surface area contributed by atoms with Gasteiger partial charge in [0.2, 0.25) is 0 Å². The van der Waals surface area contributed by atoms with Gasteiger partial charge in [0.1, 0.15) is 11.3 Å². The molecule has 0 saturated heterocycles. The van der Waals surface area contributed by atoms with Crippen molar-refractivity contribution in [3.63, 3.8) is 0 Å². The van der Waals surface area contributed by atoms with Crippen LogP contribution in [0.4, 0.5) is 0 Å². The first-order chi connectivity index (χ1) is 9.19. The standard InChI is InChI=1S/C14H23ClN4/c1-4-5-6-7-10-19-12(8-9-15)16-13-11(2)17-18(3)14(13)19/h4-10H2,1-3H3. The van der Waals surface area contributed by atoms with Gasteiger partial charge in [-0.15, -0.1) is 11.6 Å². The molecular weight excluding hydrogens is 260 g/mol. The van der Waals surface area contributed by atoms with E-state index in [-0.39, 0.29) is 0 Å². The van der Waals surface area contributed by atoms with Crippen LogP contribution in [-0.2, 0) is 20.0 Å². The first-order valence-corrected chi connectivity index (χ1v) is 7.67. The maximum Gasteiger partial charge on any atom is 0.158 e. The number of alkyl halides is 1. The molecule has 19 heavy (non-hydrogen) atoms. The van der Waals surface area contributed by atoms with Crippen LogP contribution in [0.5, 0.6) is 0 Å². The summed E-state index contributed by atoms with van der Waals surface area (Å²) in [7, 11) is 1.99. The normalized spacial score (nSPS) is 11.6. The quantitative estimate of drug-likeness (QED) is 0.576. The van der Waals surface area contributed by atoms with Crippen molar-refractivity contribution in [2.45, 2.75) is 52.5 Å². The van der Waals surface area contributed by atoms with E-state index < -0.39 is 0 Å². The average Bonchev–Trinajstić information content (AvgIpc) is 2.86. The Morgan fingerprint density at radius 3 is 2.68 bits per heavy atom. The molecule has 2 heterocycles. The van der Waals surface area contributed by atoms with Crippen molar-refractivity contribution in [1.82, 2.24) is 19.3 Å². The monoisotopic (exact) mass is 282 g/mol. The molecule has 0 N–H and O–H groups in total. The molecule has 2 aromatic rings. The zero-order valence-electron chi connectivity index (χ0n) is 12.1. The highest BCUT2D eigenvalue weighted by Gasteiger charge is 2.16. The van der Waals surface area contributed by atoms with Gasteiger partial charge in [-0.25, -0.2) is 4.98 Å². The zero-order chi connectivity index (χ0) is 13.8. The van der Waals surface area contributed by atoms with E-state index in [9.17, 15) is 0 Å². The number of hydrogen-bond acceptors (Lipinski definition) is 2. The summed E-state index contributed by atoms with van der Waals surface area (Å²) in [4.78, 5) is 4.72. The van der Waals surface area contributed by atoms with Crippen LogP contribution in [0.3, 0.4) is 0 Å². The van der Waals surface area contributed by atoms with Gasteiger partial charge in [-0.05, 0) is 13.3 Å². The van der Waals surface area contributed by atoms with E-state index >= 15 is 0 Å². The van der Waals surface area contributed by atoms with Crippen molar-refractivity contribution in [2.24, 2.45) is 7.05 Å². The Hall–Kier alpha value is -1.03. The van der Waals surface area contributed by atoms with Crippen molar-refractivity contribution < 1.29 is 0 Å². The SMILES string of the molecule is CCCCCCn1c(CCCl)nc2c(C)nn(C)c21. The minimum atomic E-state index is 0.616. The van der Waals surface area contributed by atoms with Gasteiger partial charge in [-0.2, -0.15) is 5.10 Å². The molecule has 0 bridgehead atoms. The lowest BCUT2D eigenvalue weighted by Gasteiger charge is -2.08. The highest BCUT2D eigenvalue weighted by molar-refractivity contribution is 6.17. The molecule has 0 aromatic carbocycles. The van der Waals surface area contributed by atoms with E-state index in [1.165, 1.54) is 25.7 Å². The van der Waals surface area contributed by atoms with Gasteiger partial charge in [0.05, 0.1) is 5.69 Å². The predicted molar refractivity (Wildman–Crippen MR) is 79.8 cm³/mol. The van der Waals surface area contributed by atoms with Gasteiger partial charge in [-0.1, -0.05) is 26.2 Å². The molecule has 106 valence electrons. The molecule has 0 unspecified atom stereocenters. The Kier molecular flexibility index (Phi) is 4.86. The topological polar surface area (TPSA) is 35.6 Å². The Bertz CT molecular complexity index is 541. The predicted octanol–water partition coefficient (Wildman–Crippen LogP) is 3.44. The van der Waals surface area contributed by atoms with Crippen LogP contribution in [0.1, 0.15) is 44.1 Å². The molecule has 5 heteroatoms. The van der Waals surface area contributed by atoms with Crippen molar-refractivity contribution in [3.8, 4) is 0 Å². The molecule has 0 amide bonds. The summed E-state index contributed by atoms with van der Waals surface area (Å²) in [5.74, 6) is 1.71. The molecule has 0 aliphatic heterocycles. The van der Waals surface area contributed by atoms with Crippen LogP contribution in [0.2, 0.25) is 0 Å². The largest absolute Gasteiger partial charge is 0.313 e. The van der Waals surface area contributed by atoms with Crippen molar-refractivity contribution in [3.05, 3.63) is 11.5 Å². The molecule has 0 aliphatic rings. The Morgan fingerprint density at radius 1 is 1.21 bits per heavy atom. The number of nitrogens with zero attached hydrogens (tertiary/aromatic N) is 4. The summed E-state index contributed by atoms with van der Waals surface area (Å²) in [5.41, 5.74) is 3.16. The molecule has 2 rings (SSSR count). The number of aromatic nitrogens is 4. The van der Waals surface area contributed by atoms with E-state index in [4.69, 9.17) is 16.6 Å². The van der Waals surface area contributed by atoms with Gasteiger partial charge in [-0.3, -0.25) is 4.68 Å². The average molecular weight is 283 g/mol. The molecule has 4 nitrogen and oxygen atoms in total. The van der Waals surface area contributed by atoms with E-state index in [1.807, 2.05) is 18.7 Å². The lowest BCUT2D eigenvalue weighted by Crippen LogP contribution is -2.08.